The molecule has 1 atom stereocenters. The van der Waals surface area contributed by atoms with Crippen LogP contribution in [-0.4, -0.2) is 20.6 Å². The molecule has 3 N–H and O–H groups in total. The molecule has 94 valence electrons. The van der Waals surface area contributed by atoms with Crippen LogP contribution in [0.2, 0.25) is 0 Å². The molecule has 0 spiro atoms. The van der Waals surface area contributed by atoms with Crippen LogP contribution in [0.5, 0.6) is 0 Å². The Morgan fingerprint density at radius 2 is 2.35 bits per heavy atom. The number of nitrogens with one attached hydrogen (secondary N) is 1. The molecule has 0 radical (unpaired) electrons. The van der Waals surface area contributed by atoms with E-state index in [4.69, 9.17) is 5.84 Å². The second-order valence-corrected chi connectivity index (χ2v) is 4.61. The number of nitrogen functional groups attached to an aromatic ring is 1. The zero-order chi connectivity index (χ0) is 12.8. The average Bonchev–Trinajstić information content (AvgIpc) is 2.34. The minimum Gasteiger partial charge on any atom is -0.303 e. The van der Waals surface area contributed by atoms with E-state index in [0.29, 0.717) is 10.9 Å². The first-order chi connectivity index (χ1) is 8.10. The molecule has 0 saturated heterocycles. The van der Waals surface area contributed by atoms with Crippen LogP contribution in [0.25, 0.3) is 0 Å². The Bertz CT molecular complexity index is 401. The summed E-state index contributed by atoms with van der Waals surface area (Å²) in [4.78, 5) is 18.1. The van der Waals surface area contributed by atoms with E-state index in [2.05, 4.69) is 29.2 Å². The van der Waals surface area contributed by atoms with Gasteiger partial charge in [0.1, 0.15) is 6.33 Å². The van der Waals surface area contributed by atoms with Crippen LogP contribution in [0.15, 0.2) is 11.4 Å². The molecule has 0 aromatic carbocycles. The number of hydrogen-bond acceptors (Lipinski definition) is 7. The molecule has 1 rings (SSSR count). The van der Waals surface area contributed by atoms with Crippen LogP contribution in [0, 0.1) is 16.0 Å². The summed E-state index contributed by atoms with van der Waals surface area (Å²) in [6.07, 6.45) is 2.29. The van der Waals surface area contributed by atoms with Gasteiger partial charge >= 0.3 is 5.69 Å². The lowest BCUT2D eigenvalue weighted by molar-refractivity contribution is -0.387. The highest BCUT2D eigenvalue weighted by Crippen LogP contribution is 2.32. The fraction of sp³-hybridized carbons (Fsp3) is 0.556. The quantitative estimate of drug-likeness (QED) is 0.263. The van der Waals surface area contributed by atoms with Gasteiger partial charge in [-0.05, 0) is 5.92 Å². The molecule has 7 nitrogen and oxygen atoms in total. The van der Waals surface area contributed by atoms with E-state index < -0.39 is 4.92 Å². The summed E-state index contributed by atoms with van der Waals surface area (Å²) in [5.41, 5.74) is 2.05. The van der Waals surface area contributed by atoms with Crippen LogP contribution in [-0.2, 0) is 0 Å². The third-order valence-electron chi connectivity index (χ3n) is 2.31. The third-order valence-corrected chi connectivity index (χ3v) is 3.62. The Balaban J connectivity index is 2.94. The van der Waals surface area contributed by atoms with Crippen molar-refractivity contribution in [3.05, 3.63) is 16.4 Å². The Labute approximate surface area is 103 Å². The number of nitrogens with two attached hydrogens (primary N) is 1. The van der Waals surface area contributed by atoms with Gasteiger partial charge < -0.3 is 5.43 Å². The minimum atomic E-state index is -0.520. The molecule has 0 aliphatic carbocycles. The largest absolute Gasteiger partial charge is 0.344 e. The number of rotatable bonds is 6. The monoisotopic (exact) mass is 257 g/mol. The molecule has 8 heteroatoms. The number of thioether (sulfide) groups is 1. The van der Waals surface area contributed by atoms with Gasteiger partial charge in [0.2, 0.25) is 5.82 Å². The highest BCUT2D eigenvalue weighted by molar-refractivity contribution is 7.99. The number of hydrazine groups is 1. The Hall–Kier alpha value is -1.41. The predicted molar refractivity (Wildman–Crippen MR) is 66.7 cm³/mol. The number of anilines is 1. The Morgan fingerprint density at radius 1 is 1.65 bits per heavy atom. The molecule has 0 saturated carbocycles. The van der Waals surface area contributed by atoms with Gasteiger partial charge in [-0.1, -0.05) is 32.0 Å². The maximum absolute atomic E-state index is 10.9. The number of aromatic nitrogens is 2. The lowest BCUT2D eigenvalue weighted by Crippen LogP contribution is -2.12. The fourth-order valence-corrected chi connectivity index (χ4v) is 2.19. The summed E-state index contributed by atoms with van der Waals surface area (Å²) in [7, 11) is 0. The van der Waals surface area contributed by atoms with E-state index in [1.165, 1.54) is 18.1 Å². The van der Waals surface area contributed by atoms with Gasteiger partial charge in [0.15, 0.2) is 5.03 Å². The Morgan fingerprint density at radius 3 is 2.88 bits per heavy atom. The lowest BCUT2D eigenvalue weighted by atomic mass is 10.2. The predicted octanol–water partition coefficient (Wildman–Crippen LogP) is 1.81. The highest BCUT2D eigenvalue weighted by Gasteiger charge is 2.22. The van der Waals surface area contributed by atoms with Gasteiger partial charge in [-0.15, -0.1) is 0 Å². The van der Waals surface area contributed by atoms with Crippen LogP contribution >= 0.6 is 11.8 Å². The van der Waals surface area contributed by atoms with Crippen molar-refractivity contribution in [3.8, 4) is 0 Å². The lowest BCUT2D eigenvalue weighted by Gasteiger charge is -2.08. The first kappa shape index (κ1) is 13.7. The molecule has 1 aromatic heterocycles. The first-order valence-electron chi connectivity index (χ1n) is 5.18. The van der Waals surface area contributed by atoms with Crippen molar-refractivity contribution in [2.75, 3.05) is 11.2 Å². The highest BCUT2D eigenvalue weighted by atomic mass is 32.2. The normalized spacial score (nSPS) is 12.2. The molecule has 0 amide bonds. The van der Waals surface area contributed by atoms with E-state index in [0.717, 1.165) is 12.2 Å². The standard InChI is InChI=1S/C9H15N5O2S/c1-3-6(2)4-17-9-7(14(15)16)8(13-10)11-5-12-9/h5-6H,3-4,10H2,1-2H3,(H,11,12,13). The van der Waals surface area contributed by atoms with Crippen molar-refractivity contribution < 1.29 is 4.92 Å². The third kappa shape index (κ3) is 3.53. The fourth-order valence-electron chi connectivity index (χ4n) is 1.08. The maximum atomic E-state index is 10.9. The van der Waals surface area contributed by atoms with E-state index in [9.17, 15) is 10.1 Å². The SMILES string of the molecule is CCC(C)CSc1ncnc(NN)c1[N+](=O)[O-]. The summed E-state index contributed by atoms with van der Waals surface area (Å²) in [5, 5.41) is 11.3. The molecule has 0 fully saturated rings. The summed E-state index contributed by atoms with van der Waals surface area (Å²) < 4.78 is 0. The number of nitrogens with zero attached hydrogens (tertiary/aromatic N) is 3. The summed E-state index contributed by atoms with van der Waals surface area (Å²) in [6.45, 7) is 4.16. The Kier molecular flexibility index (Phi) is 5.11. The van der Waals surface area contributed by atoms with E-state index in [1.807, 2.05) is 0 Å². The summed E-state index contributed by atoms with van der Waals surface area (Å²) >= 11 is 1.35. The van der Waals surface area contributed by atoms with Crippen LogP contribution < -0.4 is 11.3 Å². The summed E-state index contributed by atoms with van der Waals surface area (Å²) in [5.74, 6) is 6.48. The topological polar surface area (TPSA) is 107 Å². The second kappa shape index (κ2) is 6.36. The van der Waals surface area contributed by atoms with Crippen molar-refractivity contribution in [2.45, 2.75) is 25.3 Å². The van der Waals surface area contributed by atoms with Crippen molar-refractivity contribution in [1.29, 1.82) is 0 Å². The van der Waals surface area contributed by atoms with Crippen molar-refractivity contribution >= 4 is 23.3 Å². The van der Waals surface area contributed by atoms with E-state index in [1.54, 1.807) is 0 Å². The van der Waals surface area contributed by atoms with Gasteiger partial charge in [-0.3, -0.25) is 10.1 Å². The van der Waals surface area contributed by atoms with Gasteiger partial charge in [-0.25, -0.2) is 15.8 Å². The van der Waals surface area contributed by atoms with Gasteiger partial charge in [0.05, 0.1) is 4.92 Å². The molecule has 0 aliphatic heterocycles. The second-order valence-electron chi connectivity index (χ2n) is 3.60. The van der Waals surface area contributed by atoms with Crippen molar-refractivity contribution in [2.24, 2.45) is 11.8 Å². The van der Waals surface area contributed by atoms with Crippen molar-refractivity contribution in [3.63, 3.8) is 0 Å². The van der Waals surface area contributed by atoms with Gasteiger partial charge in [-0.2, -0.15) is 0 Å². The zero-order valence-corrected chi connectivity index (χ0v) is 10.5. The molecule has 0 aliphatic rings. The summed E-state index contributed by atoms with van der Waals surface area (Å²) in [6, 6.07) is 0. The van der Waals surface area contributed by atoms with Gasteiger partial charge in [0.25, 0.3) is 0 Å². The first-order valence-corrected chi connectivity index (χ1v) is 6.17. The van der Waals surface area contributed by atoms with E-state index >= 15 is 0 Å². The van der Waals surface area contributed by atoms with Gasteiger partial charge in [0, 0.05) is 5.75 Å². The molecular weight excluding hydrogens is 242 g/mol. The van der Waals surface area contributed by atoms with Crippen molar-refractivity contribution in [1.82, 2.24) is 9.97 Å². The molecule has 1 unspecified atom stereocenters. The smallest absolute Gasteiger partial charge is 0.303 e. The molecule has 17 heavy (non-hydrogen) atoms. The molecule has 0 bridgehead atoms. The molecular formula is C9H15N5O2S. The average molecular weight is 257 g/mol. The maximum Gasteiger partial charge on any atom is 0.344 e. The van der Waals surface area contributed by atoms with E-state index in [-0.39, 0.29) is 11.5 Å². The molecule has 1 heterocycles. The zero-order valence-electron chi connectivity index (χ0n) is 9.71. The number of hydrogen-bond donors (Lipinski definition) is 2. The van der Waals surface area contributed by atoms with Crippen LogP contribution in [0.3, 0.4) is 0 Å². The minimum absolute atomic E-state index is 0.0386. The molecule has 1 aromatic rings. The van der Waals surface area contributed by atoms with Crippen LogP contribution in [0.4, 0.5) is 11.5 Å². The number of nitro groups is 1. The van der Waals surface area contributed by atoms with Crippen LogP contribution in [0.1, 0.15) is 20.3 Å².